The Labute approximate surface area is 102 Å². The number of hydrogen-bond donors (Lipinski definition) is 1. The van der Waals surface area contributed by atoms with Crippen molar-refractivity contribution >= 4 is 0 Å². The molecule has 0 saturated carbocycles. The molecule has 0 spiro atoms. The molecule has 0 aliphatic carbocycles. The molecular formula is C13H20FN3. The van der Waals surface area contributed by atoms with Gasteiger partial charge in [0.05, 0.1) is 11.9 Å². The number of rotatable bonds is 4. The van der Waals surface area contributed by atoms with E-state index in [0.29, 0.717) is 6.04 Å². The SMILES string of the molecule is CCN(C1CCNC1)C(C)c1ccc(F)cn1. The molecule has 0 bridgehead atoms. The first-order valence-electron chi connectivity index (χ1n) is 6.30. The molecule has 1 aromatic heterocycles. The van der Waals surface area contributed by atoms with Crippen molar-refractivity contribution in [3.8, 4) is 0 Å². The van der Waals surface area contributed by atoms with Gasteiger partial charge in [-0.1, -0.05) is 6.92 Å². The topological polar surface area (TPSA) is 28.2 Å². The number of pyridine rings is 1. The number of nitrogens with zero attached hydrogens (tertiary/aromatic N) is 2. The summed E-state index contributed by atoms with van der Waals surface area (Å²) in [4.78, 5) is 6.61. The lowest BCUT2D eigenvalue weighted by molar-refractivity contribution is 0.159. The molecule has 94 valence electrons. The van der Waals surface area contributed by atoms with Crippen molar-refractivity contribution in [2.45, 2.75) is 32.4 Å². The molecule has 1 aliphatic heterocycles. The highest BCUT2D eigenvalue weighted by atomic mass is 19.1. The Morgan fingerprint density at radius 3 is 2.94 bits per heavy atom. The van der Waals surface area contributed by atoms with E-state index in [9.17, 15) is 4.39 Å². The summed E-state index contributed by atoms with van der Waals surface area (Å²) < 4.78 is 12.8. The Balaban J connectivity index is 2.10. The zero-order valence-electron chi connectivity index (χ0n) is 10.5. The van der Waals surface area contributed by atoms with Crippen LogP contribution in [0.4, 0.5) is 4.39 Å². The van der Waals surface area contributed by atoms with Crippen LogP contribution in [0.5, 0.6) is 0 Å². The molecule has 1 fully saturated rings. The Hall–Kier alpha value is -1.00. The van der Waals surface area contributed by atoms with Crippen LogP contribution >= 0.6 is 0 Å². The van der Waals surface area contributed by atoms with Gasteiger partial charge < -0.3 is 5.32 Å². The van der Waals surface area contributed by atoms with Crippen molar-refractivity contribution in [1.82, 2.24) is 15.2 Å². The average molecular weight is 237 g/mol. The molecule has 3 nitrogen and oxygen atoms in total. The maximum Gasteiger partial charge on any atom is 0.141 e. The molecule has 2 atom stereocenters. The molecule has 1 aliphatic rings. The van der Waals surface area contributed by atoms with Gasteiger partial charge in [-0.2, -0.15) is 0 Å². The molecule has 4 heteroatoms. The predicted octanol–water partition coefficient (Wildman–Crippen LogP) is 1.97. The highest BCUT2D eigenvalue weighted by Crippen LogP contribution is 2.23. The van der Waals surface area contributed by atoms with E-state index in [1.807, 2.05) is 0 Å². The van der Waals surface area contributed by atoms with E-state index in [4.69, 9.17) is 0 Å². The van der Waals surface area contributed by atoms with E-state index in [1.165, 1.54) is 18.7 Å². The van der Waals surface area contributed by atoms with Gasteiger partial charge in [-0.3, -0.25) is 9.88 Å². The van der Waals surface area contributed by atoms with Gasteiger partial charge in [0.1, 0.15) is 5.82 Å². The molecule has 0 radical (unpaired) electrons. The first kappa shape index (κ1) is 12.5. The van der Waals surface area contributed by atoms with E-state index >= 15 is 0 Å². The summed E-state index contributed by atoms with van der Waals surface area (Å²) in [5.41, 5.74) is 0.945. The fraction of sp³-hybridized carbons (Fsp3) is 0.615. The second-order valence-electron chi connectivity index (χ2n) is 4.55. The van der Waals surface area contributed by atoms with Crippen LogP contribution < -0.4 is 5.32 Å². The van der Waals surface area contributed by atoms with Crippen LogP contribution in [0.3, 0.4) is 0 Å². The van der Waals surface area contributed by atoms with Crippen molar-refractivity contribution < 1.29 is 4.39 Å². The summed E-state index contributed by atoms with van der Waals surface area (Å²) in [6.07, 6.45) is 2.48. The third-order valence-electron chi connectivity index (χ3n) is 3.54. The van der Waals surface area contributed by atoms with Crippen LogP contribution in [0.2, 0.25) is 0 Å². The highest BCUT2D eigenvalue weighted by Gasteiger charge is 2.26. The van der Waals surface area contributed by atoms with Gasteiger partial charge in [-0.15, -0.1) is 0 Å². The maximum absolute atomic E-state index is 12.8. The molecule has 17 heavy (non-hydrogen) atoms. The summed E-state index contributed by atoms with van der Waals surface area (Å²) in [6.45, 7) is 7.43. The third kappa shape index (κ3) is 2.82. The number of likely N-dealkylation sites (N-methyl/N-ethyl adjacent to an activating group) is 1. The van der Waals surface area contributed by atoms with E-state index in [2.05, 4.69) is 29.0 Å². The Bertz CT molecular complexity index is 346. The zero-order chi connectivity index (χ0) is 12.3. The van der Waals surface area contributed by atoms with Crippen LogP contribution in [0, 0.1) is 5.82 Å². The van der Waals surface area contributed by atoms with Crippen molar-refractivity contribution in [1.29, 1.82) is 0 Å². The first-order valence-corrected chi connectivity index (χ1v) is 6.30. The lowest BCUT2D eigenvalue weighted by Crippen LogP contribution is -2.38. The minimum Gasteiger partial charge on any atom is -0.315 e. The van der Waals surface area contributed by atoms with Crippen molar-refractivity contribution in [3.05, 3.63) is 29.8 Å². The van der Waals surface area contributed by atoms with Gasteiger partial charge >= 0.3 is 0 Å². The van der Waals surface area contributed by atoms with Crippen molar-refractivity contribution in [2.75, 3.05) is 19.6 Å². The minimum absolute atomic E-state index is 0.241. The maximum atomic E-state index is 12.8. The number of aromatic nitrogens is 1. The summed E-state index contributed by atoms with van der Waals surface area (Å²) >= 11 is 0. The molecule has 1 aromatic rings. The van der Waals surface area contributed by atoms with Gasteiger partial charge in [-0.25, -0.2) is 4.39 Å². The van der Waals surface area contributed by atoms with Crippen molar-refractivity contribution in [3.63, 3.8) is 0 Å². The number of halogens is 1. The second-order valence-corrected chi connectivity index (χ2v) is 4.55. The minimum atomic E-state index is -0.272. The largest absolute Gasteiger partial charge is 0.315 e. The van der Waals surface area contributed by atoms with Gasteiger partial charge in [0, 0.05) is 18.6 Å². The fourth-order valence-corrected chi connectivity index (χ4v) is 2.58. The van der Waals surface area contributed by atoms with Crippen molar-refractivity contribution in [2.24, 2.45) is 0 Å². The Morgan fingerprint density at radius 1 is 1.59 bits per heavy atom. The van der Waals surface area contributed by atoms with Crippen LogP contribution in [-0.4, -0.2) is 35.6 Å². The molecule has 1 saturated heterocycles. The Kier molecular flexibility index (Phi) is 4.07. The molecule has 0 amide bonds. The van der Waals surface area contributed by atoms with E-state index < -0.39 is 0 Å². The first-order chi connectivity index (χ1) is 8.22. The predicted molar refractivity (Wildman–Crippen MR) is 66.3 cm³/mol. The summed E-state index contributed by atoms with van der Waals surface area (Å²) in [6, 6.07) is 4.08. The quantitative estimate of drug-likeness (QED) is 0.867. The summed E-state index contributed by atoms with van der Waals surface area (Å²) in [7, 11) is 0. The normalized spacial score (nSPS) is 22.0. The van der Waals surface area contributed by atoms with E-state index in [0.717, 1.165) is 25.3 Å². The Morgan fingerprint density at radius 2 is 2.41 bits per heavy atom. The number of hydrogen-bond acceptors (Lipinski definition) is 3. The summed E-state index contributed by atoms with van der Waals surface area (Å²) in [5.74, 6) is -0.272. The fourth-order valence-electron chi connectivity index (χ4n) is 2.58. The van der Waals surface area contributed by atoms with Gasteiger partial charge in [0.2, 0.25) is 0 Å². The summed E-state index contributed by atoms with van der Waals surface area (Å²) in [5, 5.41) is 3.38. The monoisotopic (exact) mass is 237 g/mol. The van der Waals surface area contributed by atoms with Crippen LogP contribution in [-0.2, 0) is 0 Å². The molecule has 2 rings (SSSR count). The smallest absolute Gasteiger partial charge is 0.141 e. The third-order valence-corrected chi connectivity index (χ3v) is 3.54. The van der Waals surface area contributed by atoms with Gasteiger partial charge in [-0.05, 0) is 38.6 Å². The lowest BCUT2D eigenvalue weighted by atomic mass is 10.1. The highest BCUT2D eigenvalue weighted by molar-refractivity contribution is 5.10. The second kappa shape index (κ2) is 5.56. The van der Waals surface area contributed by atoms with Crippen LogP contribution in [0.15, 0.2) is 18.3 Å². The van der Waals surface area contributed by atoms with Gasteiger partial charge in [0.25, 0.3) is 0 Å². The van der Waals surface area contributed by atoms with Crippen LogP contribution in [0.1, 0.15) is 32.0 Å². The van der Waals surface area contributed by atoms with Crippen LogP contribution in [0.25, 0.3) is 0 Å². The van der Waals surface area contributed by atoms with Gasteiger partial charge in [0.15, 0.2) is 0 Å². The lowest BCUT2D eigenvalue weighted by Gasteiger charge is -2.32. The number of nitrogens with one attached hydrogen (secondary N) is 1. The zero-order valence-corrected chi connectivity index (χ0v) is 10.5. The van der Waals surface area contributed by atoms with E-state index in [1.54, 1.807) is 6.07 Å². The molecule has 0 aromatic carbocycles. The molecule has 2 unspecified atom stereocenters. The average Bonchev–Trinajstić information content (AvgIpc) is 2.84. The molecule has 1 N–H and O–H groups in total. The van der Waals surface area contributed by atoms with E-state index in [-0.39, 0.29) is 11.9 Å². The standard InChI is InChI=1S/C13H20FN3/c1-3-17(12-6-7-15-9-12)10(2)13-5-4-11(14)8-16-13/h4-5,8,10,12,15H,3,6-7,9H2,1-2H3. The molecule has 2 heterocycles. The molecular weight excluding hydrogens is 217 g/mol.